The molecule has 1 rings (SSSR count). The number of hydrogen-bond acceptors (Lipinski definition) is 4. The summed E-state index contributed by atoms with van der Waals surface area (Å²) in [6, 6.07) is 8.42. The van der Waals surface area contributed by atoms with Gasteiger partial charge in [0.15, 0.2) is 0 Å². The third-order valence-corrected chi connectivity index (χ3v) is 5.52. The molecule has 0 heterocycles. The van der Waals surface area contributed by atoms with Crippen molar-refractivity contribution in [2.75, 3.05) is 6.61 Å². The molecule has 0 aliphatic heterocycles. The summed E-state index contributed by atoms with van der Waals surface area (Å²) in [6.07, 6.45) is 17.7. The molecule has 0 spiro atoms. The average molecular weight is 422 g/mol. The summed E-state index contributed by atoms with van der Waals surface area (Å²) >= 11 is 0. The summed E-state index contributed by atoms with van der Waals surface area (Å²) in [5.74, 6) is 0.276. The van der Waals surface area contributed by atoms with Crippen molar-refractivity contribution in [3.63, 3.8) is 0 Å². The Morgan fingerprint density at radius 1 is 0.679 bits per heavy atom. The summed E-state index contributed by atoms with van der Waals surface area (Å²) in [5, 5.41) is 0. The average Bonchev–Trinajstić information content (AvgIpc) is 2.65. The minimum absolute atomic E-state index is 0. The van der Waals surface area contributed by atoms with E-state index in [1.165, 1.54) is 70.6 Å². The van der Waals surface area contributed by atoms with Crippen LogP contribution >= 0.6 is 0 Å². The van der Waals surface area contributed by atoms with Gasteiger partial charge in [0.2, 0.25) is 0 Å². The van der Waals surface area contributed by atoms with E-state index in [0.717, 1.165) is 19.3 Å². The molecular formula is C22H38NaO4S. The van der Waals surface area contributed by atoms with Crippen LogP contribution in [0.4, 0.5) is 0 Å². The van der Waals surface area contributed by atoms with Gasteiger partial charge in [-0.25, -0.2) is 4.18 Å². The Labute approximate surface area is 195 Å². The van der Waals surface area contributed by atoms with Crippen LogP contribution in [0.1, 0.15) is 96.8 Å². The Morgan fingerprint density at radius 2 is 1.11 bits per heavy atom. The predicted molar refractivity (Wildman–Crippen MR) is 118 cm³/mol. The zero-order chi connectivity index (χ0) is 19.6. The molecule has 0 N–H and O–H groups in total. The Kier molecular flexibility index (Phi) is 18.9. The molecule has 1 radical (unpaired) electrons. The minimum atomic E-state index is -3.95. The fourth-order valence-electron chi connectivity index (χ4n) is 3.08. The molecule has 1 aromatic rings. The van der Waals surface area contributed by atoms with Gasteiger partial charge in [0.05, 0.1) is 6.61 Å². The van der Waals surface area contributed by atoms with Crippen molar-refractivity contribution < 1.29 is 16.8 Å². The molecule has 0 aliphatic rings. The van der Waals surface area contributed by atoms with Crippen molar-refractivity contribution in [3.05, 3.63) is 30.3 Å². The van der Waals surface area contributed by atoms with Crippen molar-refractivity contribution in [2.24, 2.45) is 0 Å². The zero-order valence-electron chi connectivity index (χ0n) is 18.0. The molecule has 0 aromatic heterocycles. The Balaban J connectivity index is 0.00000729. The molecule has 0 aliphatic carbocycles. The largest absolute Gasteiger partial charge is 0.449 e. The molecule has 0 bridgehead atoms. The molecule has 157 valence electrons. The molecule has 6 heteroatoms. The van der Waals surface area contributed by atoms with Gasteiger partial charge in [-0.1, -0.05) is 109 Å². The molecule has 4 nitrogen and oxygen atoms in total. The van der Waals surface area contributed by atoms with Crippen molar-refractivity contribution >= 4 is 40.0 Å². The van der Waals surface area contributed by atoms with E-state index < -0.39 is 10.4 Å². The fraction of sp³-hybridized carbons (Fsp3) is 0.727. The summed E-state index contributed by atoms with van der Waals surface area (Å²) < 4.78 is 33.1. The maximum absolute atomic E-state index is 11.7. The van der Waals surface area contributed by atoms with Crippen molar-refractivity contribution in [1.82, 2.24) is 0 Å². The first-order valence-corrected chi connectivity index (χ1v) is 12.1. The van der Waals surface area contributed by atoms with Crippen LogP contribution < -0.4 is 4.18 Å². The summed E-state index contributed by atoms with van der Waals surface area (Å²) in [5.41, 5.74) is 0. The van der Waals surface area contributed by atoms with E-state index in [4.69, 9.17) is 8.37 Å². The van der Waals surface area contributed by atoms with Gasteiger partial charge < -0.3 is 4.18 Å². The van der Waals surface area contributed by atoms with Crippen molar-refractivity contribution in [1.29, 1.82) is 0 Å². The van der Waals surface area contributed by atoms with E-state index in [1.54, 1.807) is 30.3 Å². The third kappa shape index (κ3) is 16.8. The van der Waals surface area contributed by atoms with Gasteiger partial charge in [0, 0.05) is 29.6 Å². The van der Waals surface area contributed by atoms with E-state index in [9.17, 15) is 8.42 Å². The van der Waals surface area contributed by atoms with E-state index in [2.05, 4.69) is 6.92 Å². The van der Waals surface area contributed by atoms with E-state index >= 15 is 0 Å². The zero-order valence-corrected chi connectivity index (χ0v) is 20.9. The predicted octanol–water partition coefficient (Wildman–Crippen LogP) is 6.43. The van der Waals surface area contributed by atoms with Crippen LogP contribution in [0, 0.1) is 0 Å². The van der Waals surface area contributed by atoms with Crippen LogP contribution in [0.2, 0.25) is 0 Å². The summed E-state index contributed by atoms with van der Waals surface area (Å²) in [7, 11) is -3.95. The first-order chi connectivity index (χ1) is 13.1. The number of unbranched alkanes of at least 4 members (excludes halogenated alkanes) is 13. The molecule has 0 saturated carbocycles. The molecule has 28 heavy (non-hydrogen) atoms. The quantitative estimate of drug-likeness (QED) is 0.202. The number of rotatable bonds is 18. The van der Waals surface area contributed by atoms with Gasteiger partial charge >= 0.3 is 10.4 Å². The summed E-state index contributed by atoms with van der Waals surface area (Å²) in [4.78, 5) is 0. The first-order valence-electron chi connectivity index (χ1n) is 10.8. The van der Waals surface area contributed by atoms with Gasteiger partial charge in [0.25, 0.3) is 0 Å². The molecule has 0 unspecified atom stereocenters. The van der Waals surface area contributed by atoms with Crippen LogP contribution in [0.5, 0.6) is 5.75 Å². The molecule has 0 fully saturated rings. The normalized spacial score (nSPS) is 11.2. The SMILES string of the molecule is CCCCCCCCCCCCCCCCOS(=O)(=O)Oc1ccccc1.[Na]. The van der Waals surface area contributed by atoms with Crippen LogP contribution in [0.3, 0.4) is 0 Å². The number of benzene rings is 1. The fourth-order valence-corrected chi connectivity index (χ4v) is 3.79. The van der Waals surface area contributed by atoms with Crippen molar-refractivity contribution in [3.8, 4) is 5.75 Å². The van der Waals surface area contributed by atoms with Gasteiger partial charge in [0.1, 0.15) is 5.75 Å². The van der Waals surface area contributed by atoms with Gasteiger partial charge in [-0.2, -0.15) is 8.42 Å². The molecular weight excluding hydrogens is 383 g/mol. The topological polar surface area (TPSA) is 52.6 Å². The van der Waals surface area contributed by atoms with Crippen LogP contribution in [-0.2, 0) is 14.6 Å². The van der Waals surface area contributed by atoms with Gasteiger partial charge in [-0.15, -0.1) is 0 Å². The van der Waals surface area contributed by atoms with E-state index in [0.29, 0.717) is 0 Å². The van der Waals surface area contributed by atoms with Gasteiger partial charge in [-0.3, -0.25) is 0 Å². The van der Waals surface area contributed by atoms with Gasteiger partial charge in [-0.05, 0) is 18.6 Å². The smallest absolute Gasteiger partial charge is 0.362 e. The van der Waals surface area contributed by atoms with Crippen molar-refractivity contribution in [2.45, 2.75) is 96.8 Å². The monoisotopic (exact) mass is 421 g/mol. The second-order valence-corrected chi connectivity index (χ2v) is 8.44. The Morgan fingerprint density at radius 3 is 1.57 bits per heavy atom. The van der Waals surface area contributed by atoms with E-state index in [1.807, 2.05) is 0 Å². The van der Waals surface area contributed by atoms with Crippen LogP contribution in [-0.4, -0.2) is 44.6 Å². The Bertz CT molecular complexity index is 549. The summed E-state index contributed by atoms with van der Waals surface area (Å²) in [6.45, 7) is 2.45. The third-order valence-electron chi connectivity index (χ3n) is 4.67. The Hall–Kier alpha value is -0.0700. The second kappa shape index (κ2) is 18.9. The number of para-hydroxylation sites is 1. The molecule has 0 saturated heterocycles. The maximum Gasteiger partial charge on any atom is 0.449 e. The van der Waals surface area contributed by atoms with Crippen LogP contribution in [0.15, 0.2) is 30.3 Å². The second-order valence-electron chi connectivity index (χ2n) is 7.22. The molecule has 1 aromatic carbocycles. The number of hydrogen-bond donors (Lipinski definition) is 0. The van der Waals surface area contributed by atoms with Crippen LogP contribution in [0.25, 0.3) is 0 Å². The molecule has 0 amide bonds. The molecule has 0 atom stereocenters. The minimum Gasteiger partial charge on any atom is -0.362 e. The first kappa shape index (κ1) is 27.9. The standard InChI is InChI=1S/C22H38O4S.Na/c1-2-3-4-5-6-7-8-9-10-11-12-13-14-18-21-25-27(23,24)26-22-19-16-15-17-20-22;/h15-17,19-20H,2-14,18,21H2,1H3;. The van der Waals surface area contributed by atoms with E-state index in [-0.39, 0.29) is 41.9 Å². The maximum atomic E-state index is 11.7.